The highest BCUT2D eigenvalue weighted by molar-refractivity contribution is 6.31. The fraction of sp³-hybridized carbons (Fsp3) is 0.414. The third-order valence-corrected chi connectivity index (χ3v) is 8.04. The first-order valence-corrected chi connectivity index (χ1v) is 13.9. The van der Waals surface area contributed by atoms with Gasteiger partial charge in [0.05, 0.1) is 35.5 Å². The van der Waals surface area contributed by atoms with Gasteiger partial charge in [-0.2, -0.15) is 0 Å². The largest absolute Gasteiger partial charge is 0.488 e. The SMILES string of the molecule is O=C(/C=C/CN1C2CCC1COC2)Nc1cc2c(Nc3ccc(F)c(Cl)c3)ncnc2cc1OC1CCCC1. The summed E-state index contributed by atoms with van der Waals surface area (Å²) < 4.78 is 25.7. The zero-order valence-electron chi connectivity index (χ0n) is 21.5. The number of halogens is 2. The molecule has 2 aromatic carbocycles. The minimum Gasteiger partial charge on any atom is -0.488 e. The summed E-state index contributed by atoms with van der Waals surface area (Å²) in [6.07, 6.45) is 11.6. The molecule has 2 N–H and O–H groups in total. The van der Waals surface area contributed by atoms with E-state index >= 15 is 0 Å². The molecule has 2 atom stereocenters. The van der Waals surface area contributed by atoms with E-state index in [1.807, 2.05) is 18.2 Å². The number of fused-ring (bicyclic) bond motifs is 3. The van der Waals surface area contributed by atoms with Gasteiger partial charge in [0.15, 0.2) is 0 Å². The summed E-state index contributed by atoms with van der Waals surface area (Å²) in [7, 11) is 0. The van der Waals surface area contributed by atoms with Crippen LogP contribution in [-0.2, 0) is 9.53 Å². The van der Waals surface area contributed by atoms with Crippen LogP contribution < -0.4 is 15.4 Å². The van der Waals surface area contributed by atoms with E-state index in [-0.39, 0.29) is 17.0 Å². The Morgan fingerprint density at radius 3 is 2.69 bits per heavy atom. The van der Waals surface area contributed by atoms with Crippen LogP contribution in [0.15, 0.2) is 48.8 Å². The summed E-state index contributed by atoms with van der Waals surface area (Å²) in [6.45, 7) is 2.24. The van der Waals surface area contributed by atoms with Gasteiger partial charge in [-0.05, 0) is 62.8 Å². The zero-order chi connectivity index (χ0) is 26.8. The standard InChI is InChI=1S/C29H31ClFN5O3/c30-23-12-18(7-10-24(23)31)34-29-22-13-26(27(14-25(22)32-17-33-29)39-21-4-1-2-5-21)35-28(37)6-3-11-36-19-8-9-20(36)16-38-15-19/h3,6-7,10,12-14,17,19-21H,1-2,4-5,8-9,11,15-16H2,(H,35,37)(H,32,33,34)/b6-3+. The van der Waals surface area contributed by atoms with Crippen molar-refractivity contribution in [3.63, 3.8) is 0 Å². The van der Waals surface area contributed by atoms with Crippen LogP contribution in [0.1, 0.15) is 38.5 Å². The van der Waals surface area contributed by atoms with Crippen LogP contribution >= 0.6 is 11.6 Å². The minimum absolute atomic E-state index is 0.00966. The Bertz CT molecular complexity index is 1380. The smallest absolute Gasteiger partial charge is 0.248 e. The van der Waals surface area contributed by atoms with Gasteiger partial charge in [-0.25, -0.2) is 14.4 Å². The number of carbonyl (C=O) groups excluding carboxylic acids is 1. The van der Waals surface area contributed by atoms with Gasteiger partial charge in [0.25, 0.3) is 0 Å². The van der Waals surface area contributed by atoms with Gasteiger partial charge in [0.1, 0.15) is 23.7 Å². The van der Waals surface area contributed by atoms with Gasteiger partial charge in [-0.1, -0.05) is 17.7 Å². The van der Waals surface area contributed by atoms with Crippen molar-refractivity contribution >= 4 is 45.6 Å². The van der Waals surface area contributed by atoms with Gasteiger partial charge >= 0.3 is 0 Å². The molecule has 0 spiro atoms. The number of nitrogens with zero attached hydrogens (tertiary/aromatic N) is 3. The van der Waals surface area contributed by atoms with Gasteiger partial charge < -0.3 is 20.1 Å². The lowest BCUT2D eigenvalue weighted by atomic mass is 10.1. The summed E-state index contributed by atoms with van der Waals surface area (Å²) in [4.78, 5) is 24.3. The molecule has 1 aromatic heterocycles. The van der Waals surface area contributed by atoms with Crippen molar-refractivity contribution in [3.05, 3.63) is 59.7 Å². The van der Waals surface area contributed by atoms with Crippen LogP contribution in [0, 0.1) is 5.82 Å². The normalized spacial score (nSPS) is 21.6. The van der Waals surface area contributed by atoms with Gasteiger partial charge in [0.2, 0.25) is 5.91 Å². The van der Waals surface area contributed by atoms with Crippen molar-refractivity contribution in [2.24, 2.45) is 0 Å². The van der Waals surface area contributed by atoms with Crippen molar-refractivity contribution in [2.75, 3.05) is 30.4 Å². The number of benzene rings is 2. The number of nitrogens with one attached hydrogen (secondary N) is 2. The van der Waals surface area contributed by atoms with Gasteiger partial charge in [-0.3, -0.25) is 9.69 Å². The molecule has 3 aliphatic rings. The molecular formula is C29H31ClFN5O3. The third-order valence-electron chi connectivity index (χ3n) is 7.75. The lowest BCUT2D eigenvalue weighted by molar-refractivity contribution is -0.112. The fourth-order valence-corrected chi connectivity index (χ4v) is 5.92. The van der Waals surface area contributed by atoms with Crippen LogP contribution in [0.4, 0.5) is 21.6 Å². The summed E-state index contributed by atoms with van der Waals surface area (Å²) in [5, 5.41) is 6.89. The maximum absolute atomic E-state index is 13.7. The maximum atomic E-state index is 13.7. The van der Waals surface area contributed by atoms with E-state index < -0.39 is 5.82 Å². The molecule has 2 saturated heterocycles. The predicted molar refractivity (Wildman–Crippen MR) is 149 cm³/mol. The van der Waals surface area contributed by atoms with Crippen molar-refractivity contribution in [3.8, 4) is 5.75 Å². The first-order chi connectivity index (χ1) is 19.0. The van der Waals surface area contributed by atoms with Crippen molar-refractivity contribution in [1.82, 2.24) is 14.9 Å². The zero-order valence-corrected chi connectivity index (χ0v) is 22.3. The number of ether oxygens (including phenoxy) is 2. The van der Waals surface area contributed by atoms with Crippen LogP contribution in [0.25, 0.3) is 10.9 Å². The lowest BCUT2D eigenvalue weighted by Gasteiger charge is -2.33. The van der Waals surface area contributed by atoms with Crippen LogP contribution in [0.3, 0.4) is 0 Å². The topological polar surface area (TPSA) is 88.6 Å². The Balaban J connectivity index is 1.25. The molecule has 0 radical (unpaired) electrons. The van der Waals surface area contributed by atoms with E-state index in [0.29, 0.717) is 45.9 Å². The quantitative estimate of drug-likeness (QED) is 0.340. The summed E-state index contributed by atoms with van der Waals surface area (Å²) in [6, 6.07) is 8.90. The van der Waals surface area contributed by atoms with E-state index in [2.05, 4.69) is 25.5 Å². The highest BCUT2D eigenvalue weighted by Crippen LogP contribution is 2.36. The average Bonchev–Trinajstić information content (AvgIpc) is 3.50. The van der Waals surface area contributed by atoms with Crippen molar-refractivity contribution in [1.29, 1.82) is 0 Å². The number of hydrogen-bond acceptors (Lipinski definition) is 7. The third kappa shape index (κ3) is 5.85. The Labute approximate surface area is 231 Å². The molecule has 39 heavy (non-hydrogen) atoms. The van der Waals surface area contributed by atoms with Crippen molar-refractivity contribution in [2.45, 2.75) is 56.7 Å². The highest BCUT2D eigenvalue weighted by atomic mass is 35.5. The number of carbonyl (C=O) groups is 1. The first kappa shape index (κ1) is 26.0. The number of amides is 1. The number of anilines is 3. The summed E-state index contributed by atoms with van der Waals surface area (Å²) in [5.74, 6) is 0.353. The molecule has 10 heteroatoms. The van der Waals surface area contributed by atoms with Crippen LogP contribution in [0.5, 0.6) is 5.75 Å². The second kappa shape index (κ2) is 11.5. The van der Waals surface area contributed by atoms with E-state index in [4.69, 9.17) is 21.1 Å². The number of hydrogen-bond donors (Lipinski definition) is 2. The maximum Gasteiger partial charge on any atom is 0.248 e. The lowest BCUT2D eigenvalue weighted by Crippen LogP contribution is -2.45. The Morgan fingerprint density at radius 2 is 1.92 bits per heavy atom. The van der Waals surface area contributed by atoms with E-state index in [0.717, 1.165) is 58.3 Å². The fourth-order valence-electron chi connectivity index (χ4n) is 5.74. The Morgan fingerprint density at radius 1 is 1.13 bits per heavy atom. The molecule has 2 aliphatic heterocycles. The molecule has 3 fully saturated rings. The molecule has 1 aliphatic carbocycles. The predicted octanol–water partition coefficient (Wildman–Crippen LogP) is 5.85. The number of aromatic nitrogens is 2. The highest BCUT2D eigenvalue weighted by Gasteiger charge is 2.36. The summed E-state index contributed by atoms with van der Waals surface area (Å²) >= 11 is 5.97. The van der Waals surface area contributed by atoms with Gasteiger partial charge in [-0.15, -0.1) is 0 Å². The molecule has 204 valence electrons. The molecule has 2 bridgehead atoms. The molecule has 8 nitrogen and oxygen atoms in total. The van der Waals surface area contributed by atoms with Crippen molar-refractivity contribution < 1.29 is 18.7 Å². The molecule has 2 unspecified atom stereocenters. The first-order valence-electron chi connectivity index (χ1n) is 13.5. The van der Waals surface area contributed by atoms with E-state index in [1.54, 1.807) is 12.1 Å². The number of morpholine rings is 1. The second-order valence-electron chi connectivity index (χ2n) is 10.4. The average molecular weight is 552 g/mol. The molecule has 3 heterocycles. The van der Waals surface area contributed by atoms with E-state index in [1.165, 1.54) is 18.5 Å². The molecule has 6 rings (SSSR count). The summed E-state index contributed by atoms with van der Waals surface area (Å²) in [5.41, 5.74) is 1.79. The van der Waals surface area contributed by atoms with Crippen LogP contribution in [0.2, 0.25) is 5.02 Å². The number of rotatable bonds is 8. The van der Waals surface area contributed by atoms with Gasteiger partial charge in [0, 0.05) is 41.8 Å². The molecule has 1 saturated carbocycles. The molecular weight excluding hydrogens is 521 g/mol. The van der Waals surface area contributed by atoms with Crippen LogP contribution in [-0.4, -0.2) is 58.7 Å². The molecule has 3 aromatic rings. The van der Waals surface area contributed by atoms with E-state index in [9.17, 15) is 9.18 Å². The Kier molecular flexibility index (Phi) is 7.63. The minimum atomic E-state index is -0.497. The monoisotopic (exact) mass is 551 g/mol. The Hall–Kier alpha value is -3.27. The molecule has 1 amide bonds. The second-order valence-corrected chi connectivity index (χ2v) is 10.8.